The van der Waals surface area contributed by atoms with Gasteiger partial charge in [-0.3, -0.25) is 4.79 Å². The lowest BCUT2D eigenvalue weighted by atomic mass is 9.88. The normalized spacial score (nSPS) is 21.0. The van der Waals surface area contributed by atoms with Crippen molar-refractivity contribution in [2.24, 2.45) is 5.92 Å². The summed E-state index contributed by atoms with van der Waals surface area (Å²) in [5.74, 6) is 0.217. The smallest absolute Gasteiger partial charge is 0.410 e. The molecule has 43 heavy (non-hydrogen) atoms. The van der Waals surface area contributed by atoms with Crippen molar-refractivity contribution in [1.29, 1.82) is 0 Å². The Kier molecular flexibility index (Phi) is 10.5. The van der Waals surface area contributed by atoms with Gasteiger partial charge in [0.05, 0.1) is 0 Å². The Morgan fingerprint density at radius 3 is 2.28 bits per heavy atom. The number of nitrogens with zero attached hydrogens (tertiary/aromatic N) is 3. The molecule has 6 nitrogen and oxygen atoms in total. The quantitative estimate of drug-likeness (QED) is 0.258. The summed E-state index contributed by atoms with van der Waals surface area (Å²) in [5, 5.41) is 0. The summed E-state index contributed by atoms with van der Waals surface area (Å²) in [7, 11) is 1.85. The van der Waals surface area contributed by atoms with E-state index in [4.69, 9.17) is 4.74 Å². The van der Waals surface area contributed by atoms with Gasteiger partial charge in [0.1, 0.15) is 12.4 Å². The van der Waals surface area contributed by atoms with Crippen LogP contribution in [0.25, 0.3) is 0 Å². The Bertz CT molecular complexity index is 1330. The maximum Gasteiger partial charge on any atom is 0.410 e. The van der Waals surface area contributed by atoms with E-state index in [1.165, 1.54) is 17.7 Å². The summed E-state index contributed by atoms with van der Waals surface area (Å²) in [6.07, 6.45) is 4.31. The van der Waals surface area contributed by atoms with Crippen LogP contribution in [0.15, 0.2) is 84.9 Å². The van der Waals surface area contributed by atoms with Crippen molar-refractivity contribution < 1.29 is 18.7 Å². The fraction of sp³-hybridized carbons (Fsp3) is 0.444. The van der Waals surface area contributed by atoms with Crippen LogP contribution in [-0.4, -0.2) is 72.0 Å². The van der Waals surface area contributed by atoms with E-state index in [1.807, 2.05) is 53.2 Å². The Morgan fingerprint density at radius 2 is 1.60 bits per heavy atom. The first kappa shape index (κ1) is 30.7. The Hall–Kier alpha value is -3.71. The van der Waals surface area contributed by atoms with Crippen LogP contribution in [0.4, 0.5) is 9.18 Å². The maximum absolute atomic E-state index is 13.8. The van der Waals surface area contributed by atoms with Gasteiger partial charge >= 0.3 is 6.09 Å². The molecule has 3 atom stereocenters. The summed E-state index contributed by atoms with van der Waals surface area (Å²) in [5.41, 5.74) is 2.70. The van der Waals surface area contributed by atoms with Crippen LogP contribution >= 0.6 is 0 Å². The molecule has 1 aliphatic heterocycles. The molecule has 2 fully saturated rings. The van der Waals surface area contributed by atoms with Gasteiger partial charge in [-0.05, 0) is 73.3 Å². The van der Waals surface area contributed by atoms with E-state index in [-0.39, 0.29) is 24.1 Å². The fourth-order valence-corrected chi connectivity index (χ4v) is 6.92. The third kappa shape index (κ3) is 7.82. The van der Waals surface area contributed by atoms with E-state index in [0.29, 0.717) is 30.6 Å². The predicted octanol–water partition coefficient (Wildman–Crippen LogP) is 6.97. The highest BCUT2D eigenvalue weighted by atomic mass is 19.1. The highest BCUT2D eigenvalue weighted by Crippen LogP contribution is 2.42. The van der Waals surface area contributed by atoms with Gasteiger partial charge in [-0.1, -0.05) is 73.7 Å². The molecule has 0 radical (unpaired) electrons. The number of likely N-dealkylation sites (tertiary alicyclic amines) is 1. The second-order valence-electron chi connectivity index (χ2n) is 12.1. The summed E-state index contributed by atoms with van der Waals surface area (Å²) >= 11 is 0. The molecule has 0 spiro atoms. The zero-order chi connectivity index (χ0) is 30.2. The first-order valence-corrected chi connectivity index (χ1v) is 15.7. The van der Waals surface area contributed by atoms with E-state index in [0.717, 1.165) is 57.3 Å². The molecule has 5 rings (SSSR count). The summed E-state index contributed by atoms with van der Waals surface area (Å²) in [4.78, 5) is 32.6. The van der Waals surface area contributed by atoms with E-state index in [9.17, 15) is 14.0 Å². The van der Waals surface area contributed by atoms with E-state index < -0.39 is 5.82 Å². The van der Waals surface area contributed by atoms with Crippen LogP contribution in [0.1, 0.15) is 66.4 Å². The molecule has 1 saturated heterocycles. The molecule has 2 aliphatic rings. The monoisotopic (exact) mass is 585 g/mol. The second-order valence-corrected chi connectivity index (χ2v) is 12.1. The van der Waals surface area contributed by atoms with Gasteiger partial charge in [-0.25, -0.2) is 9.18 Å². The Morgan fingerprint density at radius 1 is 0.907 bits per heavy atom. The number of ether oxygens (including phenoxy) is 1. The van der Waals surface area contributed by atoms with Crippen LogP contribution in [0.2, 0.25) is 0 Å². The first-order chi connectivity index (χ1) is 20.9. The molecular weight excluding hydrogens is 541 g/mol. The molecule has 7 heteroatoms. The Labute approximate surface area is 255 Å². The van der Waals surface area contributed by atoms with Crippen molar-refractivity contribution >= 4 is 12.0 Å². The van der Waals surface area contributed by atoms with Crippen molar-refractivity contribution in [2.45, 2.75) is 63.6 Å². The number of piperidine rings is 1. The standard InChI is InChI=1S/C36H44FN3O3/c1-3-19-40(36(42)43-26-27-11-6-4-7-12-27)32-17-20-39(21-18-32)25-30-23-33(24-34(30)28-13-8-5-9-14-28)38(2)35(41)29-15-10-16-31(37)22-29/h4-16,22,30,32-34H,3,17-21,23-26H2,1-2H3. The van der Waals surface area contributed by atoms with Gasteiger partial charge in [-0.15, -0.1) is 0 Å². The molecule has 1 heterocycles. The van der Waals surface area contributed by atoms with E-state index in [2.05, 4.69) is 36.1 Å². The highest BCUT2D eigenvalue weighted by Gasteiger charge is 2.40. The molecular formula is C36H44FN3O3. The largest absolute Gasteiger partial charge is 0.445 e. The molecule has 1 saturated carbocycles. The Balaban J connectivity index is 1.20. The summed E-state index contributed by atoms with van der Waals surface area (Å²) in [6.45, 7) is 5.90. The molecule has 3 aromatic carbocycles. The van der Waals surface area contributed by atoms with E-state index in [1.54, 1.807) is 12.1 Å². The van der Waals surface area contributed by atoms with Crippen molar-refractivity contribution in [3.05, 3.63) is 107 Å². The molecule has 228 valence electrons. The number of hydrogen-bond acceptors (Lipinski definition) is 4. The first-order valence-electron chi connectivity index (χ1n) is 15.7. The number of benzene rings is 3. The molecule has 1 aliphatic carbocycles. The minimum atomic E-state index is -0.393. The molecule has 3 unspecified atom stereocenters. The maximum atomic E-state index is 13.8. The van der Waals surface area contributed by atoms with Gasteiger partial charge in [0, 0.05) is 50.9 Å². The summed E-state index contributed by atoms with van der Waals surface area (Å²) in [6, 6.07) is 26.7. The number of carbonyl (C=O) groups is 2. The van der Waals surface area contributed by atoms with Crippen LogP contribution in [0.3, 0.4) is 0 Å². The lowest BCUT2D eigenvalue weighted by Gasteiger charge is -2.39. The molecule has 2 amide bonds. The average Bonchev–Trinajstić information content (AvgIpc) is 3.47. The van der Waals surface area contributed by atoms with Gasteiger partial charge in [0.25, 0.3) is 5.91 Å². The fourth-order valence-electron chi connectivity index (χ4n) is 6.92. The summed E-state index contributed by atoms with van der Waals surface area (Å²) < 4.78 is 19.5. The van der Waals surface area contributed by atoms with E-state index >= 15 is 0 Å². The third-order valence-electron chi connectivity index (χ3n) is 9.23. The molecule has 0 N–H and O–H groups in total. The highest BCUT2D eigenvalue weighted by molar-refractivity contribution is 5.94. The number of carbonyl (C=O) groups excluding carboxylic acids is 2. The third-order valence-corrected chi connectivity index (χ3v) is 9.23. The van der Waals surface area contributed by atoms with Crippen molar-refractivity contribution in [3.8, 4) is 0 Å². The van der Waals surface area contributed by atoms with Crippen molar-refractivity contribution in [1.82, 2.24) is 14.7 Å². The lowest BCUT2D eigenvalue weighted by Crippen LogP contribution is -2.48. The minimum Gasteiger partial charge on any atom is -0.445 e. The SMILES string of the molecule is CCCN(C(=O)OCc1ccccc1)C1CCN(CC2CC(N(C)C(=O)c3cccc(F)c3)CC2c2ccccc2)CC1. The van der Waals surface area contributed by atoms with Gasteiger partial charge in [0.15, 0.2) is 0 Å². The van der Waals surface area contributed by atoms with Crippen LogP contribution in [-0.2, 0) is 11.3 Å². The molecule has 3 aromatic rings. The van der Waals surface area contributed by atoms with Gasteiger partial charge in [0.2, 0.25) is 0 Å². The number of hydrogen-bond donors (Lipinski definition) is 0. The zero-order valence-corrected chi connectivity index (χ0v) is 25.4. The van der Waals surface area contributed by atoms with Crippen molar-refractivity contribution in [3.63, 3.8) is 0 Å². The van der Waals surface area contributed by atoms with Crippen LogP contribution in [0.5, 0.6) is 0 Å². The van der Waals surface area contributed by atoms with Gasteiger partial charge < -0.3 is 19.4 Å². The second kappa shape index (κ2) is 14.6. The number of amides is 2. The number of halogens is 1. The zero-order valence-electron chi connectivity index (χ0n) is 25.4. The van der Waals surface area contributed by atoms with Crippen molar-refractivity contribution in [2.75, 3.05) is 33.2 Å². The van der Waals surface area contributed by atoms with Crippen LogP contribution < -0.4 is 0 Å². The minimum absolute atomic E-state index is 0.0861. The lowest BCUT2D eigenvalue weighted by molar-refractivity contribution is 0.0572. The van der Waals surface area contributed by atoms with Gasteiger partial charge in [-0.2, -0.15) is 0 Å². The van der Waals surface area contributed by atoms with Crippen LogP contribution in [0, 0.1) is 11.7 Å². The number of rotatable bonds is 10. The average molecular weight is 586 g/mol. The molecule has 0 aromatic heterocycles. The predicted molar refractivity (Wildman–Crippen MR) is 167 cm³/mol. The topological polar surface area (TPSA) is 53.1 Å². The molecule has 0 bridgehead atoms.